The second-order valence-electron chi connectivity index (χ2n) is 5.32. The fourth-order valence-electron chi connectivity index (χ4n) is 1.72. The monoisotopic (exact) mass is 272 g/mol. The molecule has 1 atom stereocenters. The van der Waals surface area contributed by atoms with Crippen LogP contribution in [0.25, 0.3) is 0 Å². The Labute approximate surface area is 112 Å². The molecule has 1 aromatic carbocycles. The van der Waals surface area contributed by atoms with Gasteiger partial charge in [0.2, 0.25) is 5.91 Å². The SMILES string of the molecule is CC(C)(C)[C@@H](NCc1cc(Cl)ccc1F)C(N)=O. The standard InChI is InChI=1S/C13H18ClFN2O/c1-13(2,3)11(12(16)18)17-7-8-6-9(14)4-5-10(8)15/h4-6,11,17H,7H2,1-3H3,(H2,16,18)/t11-/m0/s1. The van der Waals surface area contributed by atoms with Gasteiger partial charge >= 0.3 is 0 Å². The number of rotatable bonds is 4. The van der Waals surface area contributed by atoms with Crippen LogP contribution in [0.5, 0.6) is 0 Å². The van der Waals surface area contributed by atoms with Crippen molar-refractivity contribution in [2.75, 3.05) is 0 Å². The van der Waals surface area contributed by atoms with E-state index in [1.807, 2.05) is 20.8 Å². The highest BCUT2D eigenvalue weighted by Gasteiger charge is 2.29. The van der Waals surface area contributed by atoms with Crippen LogP contribution in [-0.2, 0) is 11.3 Å². The first-order chi connectivity index (χ1) is 8.21. The molecule has 1 rings (SSSR count). The third-order valence-corrected chi connectivity index (χ3v) is 2.89. The Morgan fingerprint density at radius 2 is 2.11 bits per heavy atom. The van der Waals surface area contributed by atoms with Crippen LogP contribution < -0.4 is 11.1 Å². The normalized spacial score (nSPS) is 13.4. The van der Waals surface area contributed by atoms with E-state index in [-0.39, 0.29) is 17.8 Å². The number of carbonyl (C=O) groups is 1. The van der Waals surface area contributed by atoms with Gasteiger partial charge in [-0.3, -0.25) is 4.79 Å². The van der Waals surface area contributed by atoms with Crippen LogP contribution in [0.15, 0.2) is 18.2 Å². The zero-order valence-corrected chi connectivity index (χ0v) is 11.5. The van der Waals surface area contributed by atoms with Gasteiger partial charge in [-0.15, -0.1) is 0 Å². The molecule has 0 spiro atoms. The van der Waals surface area contributed by atoms with Crippen molar-refractivity contribution in [3.63, 3.8) is 0 Å². The first kappa shape index (κ1) is 14.9. The van der Waals surface area contributed by atoms with Crippen molar-refractivity contribution in [1.29, 1.82) is 0 Å². The summed E-state index contributed by atoms with van der Waals surface area (Å²) in [5.41, 5.74) is 5.42. The summed E-state index contributed by atoms with van der Waals surface area (Å²) < 4.78 is 13.5. The fourth-order valence-corrected chi connectivity index (χ4v) is 1.92. The highest BCUT2D eigenvalue weighted by Crippen LogP contribution is 2.20. The third kappa shape index (κ3) is 3.96. The third-order valence-electron chi connectivity index (χ3n) is 2.65. The van der Waals surface area contributed by atoms with E-state index >= 15 is 0 Å². The topological polar surface area (TPSA) is 55.1 Å². The zero-order chi connectivity index (χ0) is 13.9. The molecule has 1 aromatic rings. The van der Waals surface area contributed by atoms with Crippen molar-refractivity contribution >= 4 is 17.5 Å². The average Bonchev–Trinajstić information content (AvgIpc) is 2.20. The lowest BCUT2D eigenvalue weighted by Crippen LogP contribution is -2.49. The molecule has 3 N–H and O–H groups in total. The van der Waals surface area contributed by atoms with Crippen molar-refractivity contribution in [3.05, 3.63) is 34.6 Å². The molecular weight excluding hydrogens is 255 g/mol. The molecule has 0 aliphatic carbocycles. The molecule has 0 bridgehead atoms. The lowest BCUT2D eigenvalue weighted by Gasteiger charge is -2.29. The maximum atomic E-state index is 13.5. The molecule has 0 aliphatic rings. The minimum absolute atomic E-state index is 0.206. The molecule has 0 aromatic heterocycles. The Balaban J connectivity index is 2.79. The summed E-state index contributed by atoms with van der Waals surface area (Å²) in [7, 11) is 0. The van der Waals surface area contributed by atoms with Crippen LogP contribution in [0.4, 0.5) is 4.39 Å². The molecule has 0 saturated heterocycles. The molecule has 3 nitrogen and oxygen atoms in total. The Morgan fingerprint density at radius 3 is 2.61 bits per heavy atom. The van der Waals surface area contributed by atoms with Crippen LogP contribution in [0.2, 0.25) is 5.02 Å². The lowest BCUT2D eigenvalue weighted by molar-refractivity contribution is -0.122. The summed E-state index contributed by atoms with van der Waals surface area (Å²) in [4.78, 5) is 11.4. The summed E-state index contributed by atoms with van der Waals surface area (Å²) in [6, 6.07) is 3.78. The van der Waals surface area contributed by atoms with Crippen molar-refractivity contribution in [2.24, 2.45) is 11.1 Å². The molecule has 100 valence electrons. The minimum atomic E-state index is -0.532. The van der Waals surface area contributed by atoms with E-state index in [2.05, 4.69) is 5.32 Å². The molecule has 0 fully saturated rings. The summed E-state index contributed by atoms with van der Waals surface area (Å²) in [5, 5.41) is 3.43. The first-order valence-corrected chi connectivity index (χ1v) is 6.06. The Kier molecular flexibility index (Phi) is 4.71. The number of amides is 1. The number of primary amides is 1. The maximum absolute atomic E-state index is 13.5. The van der Waals surface area contributed by atoms with Crippen molar-refractivity contribution < 1.29 is 9.18 Å². The van der Waals surface area contributed by atoms with E-state index in [9.17, 15) is 9.18 Å². The largest absolute Gasteiger partial charge is 0.368 e. The molecule has 5 heteroatoms. The van der Waals surface area contributed by atoms with E-state index in [1.54, 1.807) is 0 Å². The predicted octanol–water partition coefficient (Wildman–Crippen LogP) is 2.47. The van der Waals surface area contributed by atoms with Gasteiger partial charge in [0.05, 0.1) is 6.04 Å². The average molecular weight is 273 g/mol. The van der Waals surface area contributed by atoms with Gasteiger partial charge in [-0.1, -0.05) is 32.4 Å². The molecule has 0 saturated carbocycles. The molecule has 0 aliphatic heterocycles. The molecule has 1 amide bonds. The highest BCUT2D eigenvalue weighted by molar-refractivity contribution is 6.30. The molecular formula is C13H18ClFN2O. The summed E-state index contributed by atoms with van der Waals surface area (Å²) in [6.07, 6.45) is 0. The van der Waals surface area contributed by atoms with Gasteiger partial charge in [0.15, 0.2) is 0 Å². The van der Waals surface area contributed by atoms with Gasteiger partial charge in [0.1, 0.15) is 5.82 Å². The van der Waals surface area contributed by atoms with Gasteiger partial charge in [-0.25, -0.2) is 4.39 Å². The Hall–Kier alpha value is -1.13. The number of hydrogen-bond acceptors (Lipinski definition) is 2. The number of halogens is 2. The number of benzene rings is 1. The Morgan fingerprint density at radius 1 is 1.50 bits per heavy atom. The van der Waals surface area contributed by atoms with Gasteiger partial charge in [-0.05, 0) is 23.6 Å². The van der Waals surface area contributed by atoms with Gasteiger partial charge < -0.3 is 11.1 Å². The fraction of sp³-hybridized carbons (Fsp3) is 0.462. The minimum Gasteiger partial charge on any atom is -0.368 e. The van der Waals surface area contributed by atoms with Crippen LogP contribution in [-0.4, -0.2) is 11.9 Å². The van der Waals surface area contributed by atoms with Crippen LogP contribution in [0, 0.1) is 11.2 Å². The van der Waals surface area contributed by atoms with Crippen molar-refractivity contribution in [1.82, 2.24) is 5.32 Å². The lowest BCUT2D eigenvalue weighted by atomic mass is 9.86. The number of nitrogens with two attached hydrogens (primary N) is 1. The van der Waals surface area contributed by atoms with Gasteiger partial charge in [-0.2, -0.15) is 0 Å². The van der Waals surface area contributed by atoms with Crippen LogP contribution in [0.3, 0.4) is 0 Å². The second-order valence-corrected chi connectivity index (χ2v) is 5.75. The molecule has 0 unspecified atom stereocenters. The highest BCUT2D eigenvalue weighted by atomic mass is 35.5. The van der Waals surface area contributed by atoms with Crippen molar-refractivity contribution in [2.45, 2.75) is 33.4 Å². The maximum Gasteiger partial charge on any atom is 0.235 e. The van der Waals surface area contributed by atoms with Crippen LogP contribution >= 0.6 is 11.6 Å². The first-order valence-electron chi connectivity index (χ1n) is 5.68. The zero-order valence-electron chi connectivity index (χ0n) is 10.8. The number of carbonyl (C=O) groups excluding carboxylic acids is 1. The number of hydrogen-bond donors (Lipinski definition) is 2. The molecule has 0 heterocycles. The molecule has 18 heavy (non-hydrogen) atoms. The smallest absolute Gasteiger partial charge is 0.235 e. The van der Waals surface area contributed by atoms with E-state index in [4.69, 9.17) is 17.3 Å². The summed E-state index contributed by atoms with van der Waals surface area (Å²) in [5.74, 6) is -0.811. The van der Waals surface area contributed by atoms with E-state index in [1.165, 1.54) is 18.2 Å². The van der Waals surface area contributed by atoms with E-state index in [0.717, 1.165) is 0 Å². The van der Waals surface area contributed by atoms with E-state index in [0.29, 0.717) is 10.6 Å². The molecule has 0 radical (unpaired) electrons. The predicted molar refractivity (Wildman–Crippen MR) is 70.7 cm³/mol. The number of nitrogens with one attached hydrogen (secondary N) is 1. The van der Waals surface area contributed by atoms with Crippen LogP contribution in [0.1, 0.15) is 26.3 Å². The summed E-state index contributed by atoms with van der Waals surface area (Å²) in [6.45, 7) is 5.88. The van der Waals surface area contributed by atoms with E-state index < -0.39 is 11.9 Å². The van der Waals surface area contributed by atoms with Gasteiger partial charge in [0, 0.05) is 17.1 Å². The van der Waals surface area contributed by atoms with Crippen molar-refractivity contribution in [3.8, 4) is 0 Å². The quantitative estimate of drug-likeness (QED) is 0.885. The second kappa shape index (κ2) is 5.67. The Bertz CT molecular complexity index is 443. The summed E-state index contributed by atoms with van der Waals surface area (Å²) >= 11 is 5.80. The van der Waals surface area contributed by atoms with Gasteiger partial charge in [0.25, 0.3) is 0 Å².